The van der Waals surface area contributed by atoms with E-state index >= 15 is 0 Å². The molecule has 0 aromatic heterocycles. The maximum Gasteiger partial charge on any atom is 2.00 e. The molecular formula is C46H82MnN2O8. The van der Waals surface area contributed by atoms with Crippen molar-refractivity contribution in [2.45, 2.75) is 194 Å². The van der Waals surface area contributed by atoms with E-state index in [1.165, 1.54) is 125 Å². The summed E-state index contributed by atoms with van der Waals surface area (Å²) in [6.45, 7) is 3.45. The fraction of sp³-hybridized carbons (Fsp3) is 0.826. The number of nitrogens with zero attached hydrogens (tertiary/aromatic N) is 2. The van der Waals surface area contributed by atoms with Crippen molar-refractivity contribution in [1.29, 1.82) is 0 Å². The third-order valence-electron chi connectivity index (χ3n) is 9.98. The molecule has 331 valence electrons. The van der Waals surface area contributed by atoms with Crippen LogP contribution < -0.4 is 10.2 Å². The van der Waals surface area contributed by atoms with Gasteiger partial charge in [-0.25, -0.2) is 0 Å². The van der Waals surface area contributed by atoms with Crippen LogP contribution in [0, 0.1) is 0 Å². The second kappa shape index (κ2) is 44.9. The third kappa shape index (κ3) is 44.7. The van der Waals surface area contributed by atoms with Gasteiger partial charge in [-0.15, -0.1) is 0 Å². The zero-order chi connectivity index (χ0) is 41.2. The third-order valence-corrected chi connectivity index (χ3v) is 9.98. The molecule has 0 aliphatic rings. The maximum atomic E-state index is 12.5. The number of hydrogen-bond acceptors (Lipinski definition) is 10. The number of carbonyl (C=O) groups is 4. The van der Waals surface area contributed by atoms with Crippen molar-refractivity contribution >= 4 is 23.9 Å². The van der Waals surface area contributed by atoms with Crippen LogP contribution in [0.15, 0.2) is 24.3 Å². The fourth-order valence-electron chi connectivity index (χ4n) is 6.60. The minimum Gasteiger partial charge on any atom is -0.549 e. The maximum absolute atomic E-state index is 12.5. The van der Waals surface area contributed by atoms with Crippen molar-refractivity contribution in [2.24, 2.45) is 0 Å². The minimum absolute atomic E-state index is 0. The molecule has 0 bridgehead atoms. The van der Waals surface area contributed by atoms with Gasteiger partial charge in [0, 0.05) is 26.2 Å². The Morgan fingerprint density at radius 1 is 0.404 bits per heavy atom. The van der Waals surface area contributed by atoms with Crippen LogP contribution in [0.25, 0.3) is 0 Å². The van der Waals surface area contributed by atoms with Crippen LogP contribution in [-0.2, 0) is 45.7 Å². The molecule has 0 unspecified atom stereocenters. The van der Waals surface area contributed by atoms with Gasteiger partial charge in [0.15, 0.2) is 0 Å². The molecule has 1 radical (unpaired) electrons. The number of carbonyl (C=O) groups excluding carboxylic acids is 4. The number of aliphatic carboxylic acids is 2. The first-order valence-electron chi connectivity index (χ1n) is 22.7. The van der Waals surface area contributed by atoms with E-state index in [2.05, 4.69) is 38.2 Å². The van der Waals surface area contributed by atoms with E-state index in [0.29, 0.717) is 0 Å². The number of hydrogen-bond donors (Lipinski definition) is 0. The van der Waals surface area contributed by atoms with Gasteiger partial charge < -0.3 is 29.3 Å². The molecule has 0 aromatic rings. The summed E-state index contributed by atoms with van der Waals surface area (Å²) in [6.07, 6.45) is 42.4. The van der Waals surface area contributed by atoms with E-state index in [1.807, 2.05) is 0 Å². The van der Waals surface area contributed by atoms with Gasteiger partial charge in [0.25, 0.3) is 0 Å². The van der Waals surface area contributed by atoms with Crippen LogP contribution in [0.3, 0.4) is 0 Å². The summed E-state index contributed by atoms with van der Waals surface area (Å²) in [5.41, 5.74) is 0. The SMILES string of the molecule is CCCCCCCC/C=C\CCCCCCCCOC(=O)CN(CCN(CC(=O)[O-])CC(=O)OCCCCCCCC/C=C\CCCCCCCC)CC(=O)[O-].[Mn+2]. The van der Waals surface area contributed by atoms with Crippen molar-refractivity contribution in [1.82, 2.24) is 9.80 Å². The van der Waals surface area contributed by atoms with Crippen molar-refractivity contribution in [3.63, 3.8) is 0 Å². The molecule has 0 heterocycles. The number of carboxylic acids is 2. The number of allylic oxidation sites excluding steroid dienone is 4. The van der Waals surface area contributed by atoms with E-state index in [1.54, 1.807) is 0 Å². The summed E-state index contributed by atoms with van der Waals surface area (Å²) >= 11 is 0. The Labute approximate surface area is 358 Å². The average molecular weight is 846 g/mol. The summed E-state index contributed by atoms with van der Waals surface area (Å²) in [5.74, 6) is -3.85. The van der Waals surface area contributed by atoms with E-state index < -0.39 is 37.0 Å². The first kappa shape index (κ1) is 56.9. The predicted molar refractivity (Wildman–Crippen MR) is 224 cm³/mol. The van der Waals surface area contributed by atoms with Gasteiger partial charge in [0.1, 0.15) is 0 Å². The van der Waals surface area contributed by atoms with Crippen molar-refractivity contribution in [3.05, 3.63) is 24.3 Å². The van der Waals surface area contributed by atoms with Crippen molar-refractivity contribution in [2.75, 3.05) is 52.5 Å². The summed E-state index contributed by atoms with van der Waals surface area (Å²) < 4.78 is 10.7. The van der Waals surface area contributed by atoms with Gasteiger partial charge in [0.2, 0.25) is 0 Å². The molecule has 0 aliphatic carbocycles. The van der Waals surface area contributed by atoms with Gasteiger partial charge in [-0.3, -0.25) is 19.4 Å². The molecule has 0 atom stereocenters. The summed E-state index contributed by atoms with van der Waals surface area (Å²) in [5, 5.41) is 22.7. The van der Waals surface area contributed by atoms with Gasteiger partial charge in [-0.1, -0.05) is 154 Å². The fourth-order valence-corrected chi connectivity index (χ4v) is 6.60. The van der Waals surface area contributed by atoms with Crippen LogP contribution in [0.2, 0.25) is 0 Å². The molecule has 0 saturated heterocycles. The Kier molecular flexibility index (Phi) is 44.8. The number of carboxylic acid groups (broad SMARTS) is 2. The zero-order valence-corrected chi connectivity index (χ0v) is 37.5. The van der Waals surface area contributed by atoms with Crippen LogP contribution in [-0.4, -0.2) is 86.2 Å². The molecule has 0 amide bonds. The Bertz CT molecular complexity index is 931. The second-order valence-electron chi connectivity index (χ2n) is 15.5. The Hall–Kier alpha value is -2.20. The summed E-state index contributed by atoms with van der Waals surface area (Å²) in [6, 6.07) is 0. The average Bonchev–Trinajstić information content (AvgIpc) is 3.15. The van der Waals surface area contributed by atoms with Gasteiger partial charge in [0.05, 0.1) is 38.2 Å². The molecule has 0 aliphatic heterocycles. The number of unbranched alkanes of at least 4 members (excludes halogenated alkanes) is 24. The van der Waals surface area contributed by atoms with Gasteiger partial charge >= 0.3 is 29.0 Å². The molecule has 11 heteroatoms. The largest absolute Gasteiger partial charge is 2.00 e. The molecule has 10 nitrogen and oxygen atoms in total. The first-order chi connectivity index (χ1) is 27.3. The quantitative estimate of drug-likeness (QED) is 0.0255. The molecule has 0 aromatic carbocycles. The predicted octanol–water partition coefficient (Wildman–Crippen LogP) is 8.25. The summed E-state index contributed by atoms with van der Waals surface area (Å²) in [4.78, 5) is 50.2. The normalized spacial score (nSPS) is 11.5. The Balaban J connectivity index is 0. The zero-order valence-electron chi connectivity index (χ0n) is 36.3. The Morgan fingerprint density at radius 2 is 0.667 bits per heavy atom. The number of esters is 2. The standard InChI is InChI=1S/C46H84N2O8.Mn/c1-3-5-7-9-11-13-15-17-19-21-23-25-27-29-31-33-37-55-45(53)41-47(39-43(49)50)35-36-48(40-44(51)52)42-46(54)56-38-34-32-30-28-26-24-22-20-18-16-14-12-10-8-6-4-2;/h17-20H,3-16,21-42H2,1-2H3,(H,49,50)(H,51,52);/q;+2/p-2/b19-17-,20-18-;. The first-order valence-corrected chi connectivity index (χ1v) is 22.7. The van der Waals surface area contributed by atoms with E-state index in [-0.39, 0.29) is 56.5 Å². The van der Waals surface area contributed by atoms with Crippen molar-refractivity contribution in [3.8, 4) is 0 Å². The minimum atomic E-state index is -1.37. The number of ether oxygens (including phenoxy) is 2. The van der Waals surface area contributed by atoms with Gasteiger partial charge in [-0.2, -0.15) is 0 Å². The molecule has 0 spiro atoms. The van der Waals surface area contributed by atoms with Crippen molar-refractivity contribution < 1.29 is 55.9 Å². The molecule has 0 fully saturated rings. The summed E-state index contributed by atoms with van der Waals surface area (Å²) in [7, 11) is 0. The smallest absolute Gasteiger partial charge is 0.549 e. The number of rotatable bonds is 43. The van der Waals surface area contributed by atoms with E-state index in [4.69, 9.17) is 9.47 Å². The second-order valence-corrected chi connectivity index (χ2v) is 15.5. The topological polar surface area (TPSA) is 139 Å². The van der Waals surface area contributed by atoms with Crippen LogP contribution in [0.5, 0.6) is 0 Å². The molecule has 0 rings (SSSR count). The van der Waals surface area contributed by atoms with Crippen LogP contribution in [0.4, 0.5) is 0 Å². The van der Waals surface area contributed by atoms with E-state index in [0.717, 1.165) is 64.2 Å². The van der Waals surface area contributed by atoms with Crippen LogP contribution >= 0.6 is 0 Å². The molecule has 57 heavy (non-hydrogen) atoms. The Morgan fingerprint density at radius 3 is 0.947 bits per heavy atom. The molecule has 0 N–H and O–H groups in total. The van der Waals surface area contributed by atoms with E-state index in [9.17, 15) is 29.4 Å². The molecular weight excluding hydrogens is 763 g/mol. The van der Waals surface area contributed by atoms with Gasteiger partial charge in [-0.05, 0) is 64.2 Å². The monoisotopic (exact) mass is 846 g/mol. The molecule has 0 saturated carbocycles. The van der Waals surface area contributed by atoms with Crippen LogP contribution in [0.1, 0.15) is 194 Å².